The lowest BCUT2D eigenvalue weighted by Crippen LogP contribution is -2.40. The topological polar surface area (TPSA) is 72.0 Å². The number of rotatable bonds is 4. The van der Waals surface area contributed by atoms with Gasteiger partial charge in [-0.3, -0.25) is 4.99 Å². The Hall–Kier alpha value is -1.51. The first-order valence-electron chi connectivity index (χ1n) is 6.52. The van der Waals surface area contributed by atoms with Crippen molar-refractivity contribution in [2.45, 2.75) is 13.0 Å². The van der Waals surface area contributed by atoms with Crippen LogP contribution in [0.25, 0.3) is 0 Å². The van der Waals surface area contributed by atoms with Gasteiger partial charge in [-0.1, -0.05) is 6.07 Å². The lowest BCUT2D eigenvalue weighted by Gasteiger charge is -2.16. The number of methoxy groups -OCH3 is 2. The molecule has 1 aromatic rings. The van der Waals surface area contributed by atoms with Crippen molar-refractivity contribution in [1.29, 1.82) is 0 Å². The van der Waals surface area contributed by atoms with Gasteiger partial charge in [0.25, 0.3) is 0 Å². The molecule has 0 aliphatic carbocycles. The predicted molar refractivity (Wildman–Crippen MR) is 91.5 cm³/mol. The second-order valence-corrected chi connectivity index (χ2v) is 4.39. The van der Waals surface area contributed by atoms with Gasteiger partial charge >= 0.3 is 5.97 Å². The van der Waals surface area contributed by atoms with Crippen LogP contribution in [-0.2, 0) is 11.3 Å². The molecule has 116 valence electrons. The van der Waals surface area contributed by atoms with Crippen molar-refractivity contribution in [3.63, 3.8) is 0 Å². The monoisotopic (exact) mass is 405 g/mol. The number of benzene rings is 1. The molecule has 1 aromatic carbocycles. The van der Waals surface area contributed by atoms with E-state index >= 15 is 0 Å². The SMILES string of the molecule is COC(=O)c1cc(CNC2=NCCCN2)ccc1OC.I. The molecule has 1 aliphatic rings. The van der Waals surface area contributed by atoms with Crippen LogP contribution in [0.15, 0.2) is 23.2 Å². The van der Waals surface area contributed by atoms with E-state index in [4.69, 9.17) is 9.47 Å². The maximum atomic E-state index is 11.7. The van der Waals surface area contributed by atoms with Crippen LogP contribution in [0.1, 0.15) is 22.3 Å². The van der Waals surface area contributed by atoms with E-state index in [0.29, 0.717) is 17.9 Å². The largest absolute Gasteiger partial charge is 0.496 e. The van der Waals surface area contributed by atoms with Gasteiger partial charge in [-0.15, -0.1) is 24.0 Å². The van der Waals surface area contributed by atoms with E-state index in [2.05, 4.69) is 15.6 Å². The Labute approximate surface area is 141 Å². The smallest absolute Gasteiger partial charge is 0.341 e. The zero-order valence-electron chi connectivity index (χ0n) is 12.1. The van der Waals surface area contributed by atoms with E-state index in [1.165, 1.54) is 14.2 Å². The van der Waals surface area contributed by atoms with Gasteiger partial charge < -0.3 is 20.1 Å². The van der Waals surface area contributed by atoms with Crippen molar-refractivity contribution in [3.8, 4) is 5.75 Å². The minimum atomic E-state index is -0.406. The molecule has 1 aliphatic heterocycles. The average Bonchev–Trinajstić information content (AvgIpc) is 2.52. The minimum absolute atomic E-state index is 0. The Morgan fingerprint density at radius 3 is 2.86 bits per heavy atom. The highest BCUT2D eigenvalue weighted by atomic mass is 127. The summed E-state index contributed by atoms with van der Waals surface area (Å²) in [6.07, 6.45) is 1.06. The number of hydrogen-bond acceptors (Lipinski definition) is 6. The van der Waals surface area contributed by atoms with Crippen molar-refractivity contribution < 1.29 is 14.3 Å². The number of aliphatic imine (C=N–C) groups is 1. The van der Waals surface area contributed by atoms with E-state index < -0.39 is 5.97 Å². The Morgan fingerprint density at radius 2 is 2.24 bits per heavy atom. The van der Waals surface area contributed by atoms with Gasteiger partial charge in [0.15, 0.2) is 5.96 Å². The van der Waals surface area contributed by atoms with E-state index in [1.807, 2.05) is 6.07 Å². The van der Waals surface area contributed by atoms with Gasteiger partial charge in [-0.2, -0.15) is 0 Å². The third kappa shape index (κ3) is 4.76. The Kier molecular flexibility index (Phi) is 7.27. The zero-order valence-corrected chi connectivity index (χ0v) is 14.5. The molecule has 0 aromatic heterocycles. The van der Waals surface area contributed by atoms with Gasteiger partial charge in [0.2, 0.25) is 0 Å². The number of ether oxygens (including phenoxy) is 2. The number of halogens is 1. The quantitative estimate of drug-likeness (QED) is 0.588. The Balaban J connectivity index is 0.00000220. The predicted octanol–water partition coefficient (Wildman–Crippen LogP) is 1.54. The number of carbonyl (C=O) groups excluding carboxylic acids is 1. The standard InChI is InChI=1S/C14H19N3O3.HI/c1-19-12-5-4-10(8-11(12)13(18)20-2)9-17-14-15-6-3-7-16-14;/h4-5,8H,3,6-7,9H2,1-2H3,(H2,15,16,17);1H. The fourth-order valence-electron chi connectivity index (χ4n) is 1.97. The molecule has 0 radical (unpaired) electrons. The normalized spacial score (nSPS) is 13.3. The molecule has 0 unspecified atom stereocenters. The van der Waals surface area contributed by atoms with Crippen LogP contribution in [-0.4, -0.2) is 39.2 Å². The maximum Gasteiger partial charge on any atom is 0.341 e. The summed E-state index contributed by atoms with van der Waals surface area (Å²) in [5, 5.41) is 6.39. The molecule has 0 bridgehead atoms. The molecule has 0 fully saturated rings. The van der Waals surface area contributed by atoms with Crippen LogP contribution < -0.4 is 15.4 Å². The summed E-state index contributed by atoms with van der Waals surface area (Å²) in [7, 11) is 2.88. The lowest BCUT2D eigenvalue weighted by molar-refractivity contribution is 0.0597. The second kappa shape index (κ2) is 8.71. The van der Waals surface area contributed by atoms with Crippen LogP contribution in [0.3, 0.4) is 0 Å². The first-order chi connectivity index (χ1) is 9.74. The van der Waals surface area contributed by atoms with Gasteiger partial charge in [-0.25, -0.2) is 4.79 Å². The third-order valence-electron chi connectivity index (χ3n) is 3.03. The van der Waals surface area contributed by atoms with Crippen molar-refractivity contribution in [1.82, 2.24) is 10.6 Å². The van der Waals surface area contributed by atoms with Gasteiger partial charge in [0.1, 0.15) is 11.3 Å². The summed E-state index contributed by atoms with van der Waals surface area (Å²) in [5.41, 5.74) is 1.38. The number of carbonyl (C=O) groups is 1. The van der Waals surface area contributed by atoms with E-state index in [-0.39, 0.29) is 24.0 Å². The van der Waals surface area contributed by atoms with Crippen molar-refractivity contribution in [2.24, 2.45) is 4.99 Å². The summed E-state index contributed by atoms with van der Waals surface area (Å²) in [6.45, 7) is 2.35. The van der Waals surface area contributed by atoms with Gasteiger partial charge in [0.05, 0.1) is 14.2 Å². The van der Waals surface area contributed by atoms with Crippen LogP contribution in [0.4, 0.5) is 0 Å². The van der Waals surface area contributed by atoms with Crippen LogP contribution >= 0.6 is 24.0 Å². The summed E-state index contributed by atoms with van der Waals surface area (Å²) >= 11 is 0. The summed E-state index contributed by atoms with van der Waals surface area (Å²) in [5.74, 6) is 0.900. The Bertz CT molecular complexity index is 520. The van der Waals surface area contributed by atoms with Crippen LogP contribution in [0, 0.1) is 0 Å². The number of esters is 1. The van der Waals surface area contributed by atoms with Gasteiger partial charge in [-0.05, 0) is 24.1 Å². The minimum Gasteiger partial charge on any atom is -0.496 e. The molecule has 0 saturated heterocycles. The van der Waals surface area contributed by atoms with Crippen LogP contribution in [0.5, 0.6) is 5.75 Å². The summed E-state index contributed by atoms with van der Waals surface area (Å²) in [6, 6.07) is 5.43. The molecule has 0 saturated carbocycles. The molecule has 0 spiro atoms. The Morgan fingerprint density at radius 1 is 1.43 bits per heavy atom. The molecule has 6 nitrogen and oxygen atoms in total. The molecule has 7 heteroatoms. The highest BCUT2D eigenvalue weighted by molar-refractivity contribution is 14.0. The summed E-state index contributed by atoms with van der Waals surface area (Å²) < 4.78 is 9.91. The molecule has 0 atom stereocenters. The zero-order chi connectivity index (χ0) is 14.4. The molecule has 1 heterocycles. The van der Waals surface area contributed by atoms with E-state index in [0.717, 1.165) is 31.0 Å². The van der Waals surface area contributed by atoms with E-state index in [9.17, 15) is 4.79 Å². The first-order valence-corrected chi connectivity index (χ1v) is 6.52. The number of hydrogen-bond donors (Lipinski definition) is 2. The fourth-order valence-corrected chi connectivity index (χ4v) is 1.97. The molecule has 21 heavy (non-hydrogen) atoms. The molecule has 2 rings (SSSR count). The highest BCUT2D eigenvalue weighted by Gasteiger charge is 2.13. The number of nitrogens with zero attached hydrogens (tertiary/aromatic N) is 1. The maximum absolute atomic E-state index is 11.7. The molecular weight excluding hydrogens is 385 g/mol. The fraction of sp³-hybridized carbons (Fsp3) is 0.429. The van der Waals surface area contributed by atoms with Gasteiger partial charge in [0, 0.05) is 19.6 Å². The van der Waals surface area contributed by atoms with E-state index in [1.54, 1.807) is 12.1 Å². The molecular formula is C14H20IN3O3. The lowest BCUT2D eigenvalue weighted by atomic mass is 10.1. The van der Waals surface area contributed by atoms with Crippen molar-refractivity contribution in [3.05, 3.63) is 29.3 Å². The van der Waals surface area contributed by atoms with Crippen molar-refractivity contribution in [2.75, 3.05) is 27.3 Å². The first kappa shape index (κ1) is 17.5. The third-order valence-corrected chi connectivity index (χ3v) is 3.03. The molecule has 0 amide bonds. The summed E-state index contributed by atoms with van der Waals surface area (Å²) in [4.78, 5) is 16.0. The average molecular weight is 405 g/mol. The highest BCUT2D eigenvalue weighted by Crippen LogP contribution is 2.20. The van der Waals surface area contributed by atoms with Crippen LogP contribution in [0.2, 0.25) is 0 Å². The number of guanidine groups is 1. The molecule has 2 N–H and O–H groups in total. The second-order valence-electron chi connectivity index (χ2n) is 4.39. The van der Waals surface area contributed by atoms with Crippen molar-refractivity contribution >= 4 is 35.9 Å². The number of nitrogens with one attached hydrogen (secondary N) is 2.